The van der Waals surface area contributed by atoms with E-state index in [1.807, 2.05) is 32.0 Å². The standard InChI is InChI=1S/C19H20O4/c1-4-16(19(20)21)17-10-5-6-11-18(17)23-15-9-7-8-14(12-15)22-13(2)3/h4-13H,1-3H3,(H,20,21). The first-order chi connectivity index (χ1) is 11.0. The molecule has 4 nitrogen and oxygen atoms in total. The van der Waals surface area contributed by atoms with E-state index >= 15 is 0 Å². The van der Waals surface area contributed by atoms with Crippen LogP contribution in [-0.2, 0) is 4.79 Å². The minimum absolute atomic E-state index is 0.0687. The van der Waals surface area contributed by atoms with Crippen LogP contribution in [0.1, 0.15) is 26.3 Å². The first kappa shape index (κ1) is 16.6. The highest BCUT2D eigenvalue weighted by Crippen LogP contribution is 2.32. The predicted molar refractivity (Wildman–Crippen MR) is 90.0 cm³/mol. The molecule has 0 aliphatic rings. The van der Waals surface area contributed by atoms with Gasteiger partial charge in [-0.3, -0.25) is 0 Å². The minimum Gasteiger partial charge on any atom is -0.491 e. The molecule has 0 bridgehead atoms. The van der Waals surface area contributed by atoms with Gasteiger partial charge in [-0.1, -0.05) is 30.3 Å². The summed E-state index contributed by atoms with van der Waals surface area (Å²) in [7, 11) is 0. The lowest BCUT2D eigenvalue weighted by Crippen LogP contribution is -2.05. The Kier molecular flexibility index (Phi) is 5.41. The van der Waals surface area contributed by atoms with Crippen molar-refractivity contribution >= 4 is 11.5 Å². The van der Waals surface area contributed by atoms with Crippen LogP contribution in [0.5, 0.6) is 17.2 Å². The van der Waals surface area contributed by atoms with Gasteiger partial charge in [-0.25, -0.2) is 4.79 Å². The third-order valence-corrected chi connectivity index (χ3v) is 3.10. The average Bonchev–Trinajstić information content (AvgIpc) is 2.49. The molecule has 0 fully saturated rings. The van der Waals surface area contributed by atoms with Crippen LogP contribution < -0.4 is 9.47 Å². The van der Waals surface area contributed by atoms with Crippen LogP contribution >= 0.6 is 0 Å². The Morgan fingerprint density at radius 3 is 2.43 bits per heavy atom. The van der Waals surface area contributed by atoms with E-state index in [1.54, 1.807) is 43.3 Å². The molecule has 0 aliphatic heterocycles. The van der Waals surface area contributed by atoms with Crippen LogP contribution in [0.2, 0.25) is 0 Å². The Morgan fingerprint density at radius 1 is 1.09 bits per heavy atom. The third-order valence-electron chi connectivity index (χ3n) is 3.10. The number of allylic oxidation sites excluding steroid dienone is 1. The number of para-hydroxylation sites is 1. The molecule has 2 aromatic rings. The lowest BCUT2D eigenvalue weighted by atomic mass is 10.0. The molecule has 4 heteroatoms. The maximum atomic E-state index is 11.4. The molecule has 0 saturated carbocycles. The van der Waals surface area contributed by atoms with Gasteiger partial charge in [0, 0.05) is 11.6 Å². The first-order valence-electron chi connectivity index (χ1n) is 7.45. The van der Waals surface area contributed by atoms with Crippen LogP contribution in [0, 0.1) is 0 Å². The zero-order valence-corrected chi connectivity index (χ0v) is 13.4. The largest absolute Gasteiger partial charge is 0.491 e. The maximum Gasteiger partial charge on any atom is 0.336 e. The summed E-state index contributed by atoms with van der Waals surface area (Å²) in [6.45, 7) is 5.60. The molecular formula is C19H20O4. The SMILES string of the molecule is CC=C(C(=O)O)c1ccccc1Oc1cccc(OC(C)C)c1. The number of carboxylic acid groups (broad SMARTS) is 1. The lowest BCUT2D eigenvalue weighted by molar-refractivity contribution is -0.130. The van der Waals surface area contributed by atoms with Gasteiger partial charge in [-0.2, -0.15) is 0 Å². The smallest absolute Gasteiger partial charge is 0.336 e. The van der Waals surface area contributed by atoms with Gasteiger partial charge >= 0.3 is 5.97 Å². The van der Waals surface area contributed by atoms with E-state index in [4.69, 9.17) is 9.47 Å². The molecule has 0 spiro atoms. The van der Waals surface area contributed by atoms with Gasteiger partial charge in [-0.05, 0) is 39.0 Å². The van der Waals surface area contributed by atoms with Crippen molar-refractivity contribution in [2.45, 2.75) is 26.9 Å². The third kappa shape index (κ3) is 4.36. The van der Waals surface area contributed by atoms with E-state index in [0.717, 1.165) is 0 Å². The second kappa shape index (κ2) is 7.49. The molecule has 2 rings (SSSR count). The number of benzene rings is 2. The van der Waals surface area contributed by atoms with Gasteiger partial charge in [0.2, 0.25) is 0 Å². The van der Waals surface area contributed by atoms with Crippen molar-refractivity contribution in [1.82, 2.24) is 0 Å². The van der Waals surface area contributed by atoms with Gasteiger partial charge in [0.15, 0.2) is 0 Å². The van der Waals surface area contributed by atoms with Crippen molar-refractivity contribution in [3.05, 3.63) is 60.2 Å². The number of ether oxygens (including phenoxy) is 2. The van der Waals surface area contributed by atoms with Crippen molar-refractivity contribution in [3.63, 3.8) is 0 Å². The van der Waals surface area contributed by atoms with E-state index in [-0.39, 0.29) is 11.7 Å². The van der Waals surface area contributed by atoms with E-state index < -0.39 is 5.97 Å². The van der Waals surface area contributed by atoms with Crippen molar-refractivity contribution in [2.24, 2.45) is 0 Å². The van der Waals surface area contributed by atoms with Gasteiger partial charge in [-0.15, -0.1) is 0 Å². The van der Waals surface area contributed by atoms with E-state index in [9.17, 15) is 9.90 Å². The highest BCUT2D eigenvalue weighted by molar-refractivity contribution is 6.16. The molecule has 0 amide bonds. The number of carbonyl (C=O) groups is 1. The number of hydrogen-bond acceptors (Lipinski definition) is 3. The summed E-state index contributed by atoms with van der Waals surface area (Å²) in [5.74, 6) is 0.807. The monoisotopic (exact) mass is 312 g/mol. The maximum absolute atomic E-state index is 11.4. The minimum atomic E-state index is -0.986. The van der Waals surface area contributed by atoms with Crippen molar-refractivity contribution < 1.29 is 19.4 Å². The Morgan fingerprint density at radius 2 is 1.78 bits per heavy atom. The van der Waals surface area contributed by atoms with Gasteiger partial charge < -0.3 is 14.6 Å². The first-order valence-corrected chi connectivity index (χ1v) is 7.45. The summed E-state index contributed by atoms with van der Waals surface area (Å²) in [5, 5.41) is 9.32. The van der Waals surface area contributed by atoms with Crippen molar-refractivity contribution in [1.29, 1.82) is 0 Å². The summed E-state index contributed by atoms with van der Waals surface area (Å²) in [6.07, 6.45) is 1.63. The fourth-order valence-corrected chi connectivity index (χ4v) is 2.18. The summed E-state index contributed by atoms with van der Waals surface area (Å²) in [6, 6.07) is 14.4. The fourth-order valence-electron chi connectivity index (χ4n) is 2.18. The molecule has 0 aromatic heterocycles. The highest BCUT2D eigenvalue weighted by Gasteiger charge is 2.14. The van der Waals surface area contributed by atoms with Crippen LogP contribution in [0.3, 0.4) is 0 Å². The topological polar surface area (TPSA) is 55.8 Å². The average molecular weight is 312 g/mol. The number of aliphatic carboxylic acids is 1. The molecule has 23 heavy (non-hydrogen) atoms. The van der Waals surface area contributed by atoms with E-state index in [2.05, 4.69) is 0 Å². The Hall–Kier alpha value is -2.75. The number of hydrogen-bond donors (Lipinski definition) is 1. The molecule has 0 unspecified atom stereocenters. The van der Waals surface area contributed by atoms with E-state index in [0.29, 0.717) is 22.8 Å². The second-order valence-electron chi connectivity index (χ2n) is 5.25. The number of rotatable bonds is 6. The molecule has 0 aliphatic carbocycles. The molecule has 0 atom stereocenters. The summed E-state index contributed by atoms with van der Waals surface area (Å²) in [5.41, 5.74) is 0.743. The zero-order chi connectivity index (χ0) is 16.8. The van der Waals surface area contributed by atoms with E-state index in [1.165, 1.54) is 0 Å². The second-order valence-corrected chi connectivity index (χ2v) is 5.25. The lowest BCUT2D eigenvalue weighted by Gasteiger charge is -2.14. The van der Waals surface area contributed by atoms with Crippen LogP contribution in [0.15, 0.2) is 54.6 Å². The Labute approximate surface area is 136 Å². The molecule has 0 heterocycles. The molecule has 0 saturated heterocycles. The summed E-state index contributed by atoms with van der Waals surface area (Å²) in [4.78, 5) is 11.4. The summed E-state index contributed by atoms with van der Waals surface area (Å²) < 4.78 is 11.5. The van der Waals surface area contributed by atoms with Crippen LogP contribution in [0.25, 0.3) is 5.57 Å². The van der Waals surface area contributed by atoms with Gasteiger partial charge in [0.25, 0.3) is 0 Å². The van der Waals surface area contributed by atoms with Crippen molar-refractivity contribution in [2.75, 3.05) is 0 Å². The molecular weight excluding hydrogens is 292 g/mol. The molecule has 2 aromatic carbocycles. The fraction of sp³-hybridized carbons (Fsp3) is 0.211. The molecule has 120 valence electrons. The Bertz CT molecular complexity index is 717. The van der Waals surface area contributed by atoms with Crippen LogP contribution in [-0.4, -0.2) is 17.2 Å². The number of carboxylic acids is 1. The quantitative estimate of drug-likeness (QED) is 0.782. The molecule has 1 N–H and O–H groups in total. The highest BCUT2D eigenvalue weighted by atomic mass is 16.5. The summed E-state index contributed by atoms with van der Waals surface area (Å²) >= 11 is 0. The predicted octanol–water partition coefficient (Wildman–Crippen LogP) is 4.75. The van der Waals surface area contributed by atoms with Gasteiger partial charge in [0.1, 0.15) is 17.2 Å². The Balaban J connectivity index is 2.33. The normalized spacial score (nSPS) is 11.4. The van der Waals surface area contributed by atoms with Crippen LogP contribution in [0.4, 0.5) is 0 Å². The molecule has 0 radical (unpaired) electrons. The van der Waals surface area contributed by atoms with Gasteiger partial charge in [0.05, 0.1) is 11.7 Å². The zero-order valence-electron chi connectivity index (χ0n) is 13.4. The van der Waals surface area contributed by atoms with Crippen molar-refractivity contribution in [3.8, 4) is 17.2 Å².